The van der Waals surface area contributed by atoms with Crippen LogP contribution in [-0.4, -0.2) is 47.7 Å². The van der Waals surface area contributed by atoms with E-state index in [1.54, 1.807) is 0 Å². The van der Waals surface area contributed by atoms with Crippen molar-refractivity contribution in [3.05, 3.63) is 0 Å². The Morgan fingerprint density at radius 1 is 1.60 bits per heavy atom. The van der Waals surface area contributed by atoms with E-state index in [9.17, 15) is 9.59 Å². The van der Waals surface area contributed by atoms with Crippen LogP contribution in [-0.2, 0) is 14.3 Å². The van der Waals surface area contributed by atoms with E-state index in [1.807, 2.05) is 11.8 Å². The number of carboxylic acid groups (broad SMARTS) is 1. The molecule has 5 heteroatoms. The quantitative estimate of drug-likeness (QED) is 0.676. The molecule has 1 rings (SSSR count). The zero-order valence-electron chi connectivity index (χ0n) is 9.10. The van der Waals surface area contributed by atoms with Gasteiger partial charge in [0.25, 0.3) is 0 Å². The number of carbonyl (C=O) groups excluding carboxylic acids is 1. The highest BCUT2D eigenvalue weighted by molar-refractivity contribution is 5.75. The van der Waals surface area contributed by atoms with Crippen molar-refractivity contribution in [1.29, 1.82) is 0 Å². The average molecular weight is 215 g/mol. The van der Waals surface area contributed by atoms with E-state index in [2.05, 4.69) is 4.74 Å². The van der Waals surface area contributed by atoms with Crippen molar-refractivity contribution in [2.45, 2.75) is 38.3 Å². The second-order valence-corrected chi connectivity index (χ2v) is 3.84. The van der Waals surface area contributed by atoms with E-state index in [1.165, 1.54) is 7.11 Å². The van der Waals surface area contributed by atoms with Gasteiger partial charge in [-0.3, -0.25) is 14.5 Å². The highest BCUT2D eigenvalue weighted by Gasteiger charge is 2.34. The zero-order valence-corrected chi connectivity index (χ0v) is 9.10. The molecule has 0 bridgehead atoms. The van der Waals surface area contributed by atoms with Gasteiger partial charge in [-0.1, -0.05) is 0 Å². The predicted molar refractivity (Wildman–Crippen MR) is 53.5 cm³/mol. The van der Waals surface area contributed by atoms with Crippen LogP contribution in [0.4, 0.5) is 0 Å². The number of carboxylic acids is 1. The second-order valence-electron chi connectivity index (χ2n) is 3.84. The van der Waals surface area contributed by atoms with E-state index < -0.39 is 12.0 Å². The first-order chi connectivity index (χ1) is 7.06. The maximum atomic E-state index is 11.0. The summed E-state index contributed by atoms with van der Waals surface area (Å²) in [6.07, 6.45) is 1.52. The summed E-state index contributed by atoms with van der Waals surface area (Å²) in [5, 5.41) is 9.02. The lowest BCUT2D eigenvalue weighted by Crippen LogP contribution is -2.54. The Balaban J connectivity index is 2.44. The molecule has 2 unspecified atom stereocenters. The third kappa shape index (κ3) is 2.92. The Hall–Kier alpha value is -1.10. The molecule has 0 aliphatic carbocycles. The monoisotopic (exact) mass is 215 g/mol. The number of carbonyl (C=O) groups is 2. The van der Waals surface area contributed by atoms with Gasteiger partial charge in [-0.25, -0.2) is 0 Å². The number of ether oxygens (including phenoxy) is 1. The first kappa shape index (κ1) is 12.0. The molecule has 1 saturated heterocycles. The lowest BCUT2D eigenvalue weighted by molar-refractivity contribution is -0.148. The predicted octanol–water partition coefficient (Wildman–Crippen LogP) is 0.487. The molecule has 0 saturated carbocycles. The van der Waals surface area contributed by atoms with Gasteiger partial charge in [0.2, 0.25) is 0 Å². The fraction of sp³-hybridized carbons (Fsp3) is 0.800. The number of methoxy groups -OCH3 is 1. The third-order valence-corrected chi connectivity index (χ3v) is 2.91. The van der Waals surface area contributed by atoms with Gasteiger partial charge in [0.05, 0.1) is 7.11 Å². The molecule has 0 aromatic rings. The fourth-order valence-corrected chi connectivity index (χ4v) is 1.79. The van der Waals surface area contributed by atoms with Crippen molar-refractivity contribution in [3.63, 3.8) is 0 Å². The Morgan fingerprint density at radius 3 is 2.60 bits per heavy atom. The number of hydrogen-bond acceptors (Lipinski definition) is 4. The van der Waals surface area contributed by atoms with Gasteiger partial charge in [-0.05, 0) is 19.8 Å². The molecular formula is C10H17NO4. The smallest absolute Gasteiger partial charge is 0.320 e. The van der Waals surface area contributed by atoms with Crippen LogP contribution in [0.1, 0.15) is 26.2 Å². The molecule has 15 heavy (non-hydrogen) atoms. The van der Waals surface area contributed by atoms with Gasteiger partial charge in [0, 0.05) is 19.0 Å². The van der Waals surface area contributed by atoms with Crippen molar-refractivity contribution < 1.29 is 19.4 Å². The molecule has 0 aromatic heterocycles. The molecule has 0 amide bonds. The second kappa shape index (κ2) is 5.11. The van der Waals surface area contributed by atoms with Crippen molar-refractivity contribution in [2.75, 3.05) is 13.7 Å². The number of aliphatic carboxylic acids is 1. The third-order valence-electron chi connectivity index (χ3n) is 2.91. The molecule has 1 N–H and O–H groups in total. The normalized spacial score (nSPS) is 22.9. The lowest BCUT2D eigenvalue weighted by atomic mass is 9.99. The van der Waals surface area contributed by atoms with Gasteiger partial charge >= 0.3 is 11.9 Å². The maximum Gasteiger partial charge on any atom is 0.320 e. The molecule has 86 valence electrons. The van der Waals surface area contributed by atoms with Crippen molar-refractivity contribution in [1.82, 2.24) is 4.90 Å². The van der Waals surface area contributed by atoms with Gasteiger partial charge in [-0.15, -0.1) is 0 Å². The van der Waals surface area contributed by atoms with Crippen LogP contribution in [0.15, 0.2) is 0 Å². The molecule has 1 aliphatic heterocycles. The molecule has 0 spiro atoms. The Morgan fingerprint density at radius 2 is 2.27 bits per heavy atom. The van der Waals surface area contributed by atoms with Crippen LogP contribution in [0.25, 0.3) is 0 Å². The van der Waals surface area contributed by atoms with Crippen molar-refractivity contribution in [2.24, 2.45) is 0 Å². The molecule has 1 aliphatic rings. The summed E-state index contributed by atoms with van der Waals surface area (Å²) in [6, 6.07) is -0.239. The van der Waals surface area contributed by atoms with E-state index in [4.69, 9.17) is 5.11 Å². The van der Waals surface area contributed by atoms with Crippen LogP contribution in [0, 0.1) is 0 Å². The molecule has 0 radical (unpaired) electrons. The molecule has 5 nitrogen and oxygen atoms in total. The molecule has 1 fully saturated rings. The minimum absolute atomic E-state index is 0.163. The Labute approximate surface area is 89.0 Å². The summed E-state index contributed by atoms with van der Waals surface area (Å²) in [5.74, 6) is -1.21. The average Bonchev–Trinajstić information content (AvgIpc) is 2.20. The molecular weight excluding hydrogens is 198 g/mol. The van der Waals surface area contributed by atoms with Crippen molar-refractivity contribution in [3.8, 4) is 0 Å². The van der Waals surface area contributed by atoms with Crippen LogP contribution in [0.2, 0.25) is 0 Å². The Kier molecular flexibility index (Phi) is 4.08. The summed E-state index contributed by atoms with van der Waals surface area (Å²) in [5.41, 5.74) is 0. The lowest BCUT2D eigenvalue weighted by Gasteiger charge is -2.42. The van der Waals surface area contributed by atoms with Crippen LogP contribution in [0.3, 0.4) is 0 Å². The number of nitrogens with zero attached hydrogens (tertiary/aromatic N) is 1. The van der Waals surface area contributed by atoms with E-state index in [-0.39, 0.29) is 12.4 Å². The number of esters is 1. The summed E-state index contributed by atoms with van der Waals surface area (Å²) >= 11 is 0. The number of hydrogen-bond donors (Lipinski definition) is 1. The van der Waals surface area contributed by atoms with Gasteiger partial charge in [0.1, 0.15) is 6.04 Å². The number of rotatable bonds is 5. The first-order valence-electron chi connectivity index (χ1n) is 5.11. The zero-order chi connectivity index (χ0) is 11.4. The molecule has 0 aromatic carbocycles. The van der Waals surface area contributed by atoms with E-state index in [0.717, 1.165) is 13.0 Å². The maximum absolute atomic E-state index is 11.0. The summed E-state index contributed by atoms with van der Waals surface area (Å²) in [4.78, 5) is 23.8. The van der Waals surface area contributed by atoms with Crippen LogP contribution < -0.4 is 0 Å². The number of likely N-dealkylation sites (tertiary alicyclic amines) is 1. The summed E-state index contributed by atoms with van der Waals surface area (Å²) in [6.45, 7) is 2.80. The van der Waals surface area contributed by atoms with Gasteiger partial charge in [-0.2, -0.15) is 0 Å². The van der Waals surface area contributed by atoms with Crippen LogP contribution in [0.5, 0.6) is 0 Å². The topological polar surface area (TPSA) is 66.8 Å². The van der Waals surface area contributed by atoms with Gasteiger partial charge < -0.3 is 9.84 Å². The fourth-order valence-electron chi connectivity index (χ4n) is 1.79. The minimum atomic E-state index is -0.856. The van der Waals surface area contributed by atoms with E-state index >= 15 is 0 Å². The SMILES string of the molecule is COC(=O)CCC(C(=O)O)N1CCC1C. The Bertz CT molecular complexity index is 254. The highest BCUT2D eigenvalue weighted by Crippen LogP contribution is 2.22. The highest BCUT2D eigenvalue weighted by atomic mass is 16.5. The van der Waals surface area contributed by atoms with Gasteiger partial charge in [0.15, 0.2) is 0 Å². The van der Waals surface area contributed by atoms with Crippen LogP contribution >= 0.6 is 0 Å². The largest absolute Gasteiger partial charge is 0.480 e. The van der Waals surface area contributed by atoms with E-state index in [0.29, 0.717) is 12.5 Å². The van der Waals surface area contributed by atoms with Crippen molar-refractivity contribution >= 4 is 11.9 Å². The first-order valence-corrected chi connectivity index (χ1v) is 5.11. The molecule has 1 heterocycles. The molecule has 2 atom stereocenters. The summed E-state index contributed by atoms with van der Waals surface area (Å²) < 4.78 is 4.49. The standard InChI is InChI=1S/C10H17NO4/c1-7-5-6-11(7)8(10(13)14)3-4-9(12)15-2/h7-8H,3-6H2,1-2H3,(H,13,14). The minimum Gasteiger partial charge on any atom is -0.480 e. The summed E-state index contributed by atoms with van der Waals surface area (Å²) in [7, 11) is 1.31.